The average Bonchev–Trinajstić information content (AvgIpc) is 3.39. The minimum Gasteiger partial charge on any atom is -0.475 e. The number of alkyl halides is 4. The number of nitrogens with one attached hydrogen (secondary N) is 1. The standard InChI is InChI=1S/C19H16F4N6O3/c1-28-6-10(17(27-28)32-19(22)23)11-9-3-2-4-24-16(9)25-13(11)12-14(15(20)21)26-29-5-8(30)7-31-18(12)29/h2-4,6,8,15,19,30H,5,7H2,1H3,(H,24,25). The fraction of sp³-hybridized carbons (Fsp3) is 0.316. The van der Waals surface area contributed by atoms with Crippen molar-refractivity contribution in [3.05, 3.63) is 30.2 Å². The van der Waals surface area contributed by atoms with Gasteiger partial charge in [0.25, 0.3) is 6.43 Å². The van der Waals surface area contributed by atoms with Crippen molar-refractivity contribution in [1.82, 2.24) is 29.5 Å². The lowest BCUT2D eigenvalue weighted by Gasteiger charge is -2.20. The lowest BCUT2D eigenvalue weighted by atomic mass is 10.0. The molecule has 0 aromatic carbocycles. The van der Waals surface area contributed by atoms with Crippen LogP contribution in [0.15, 0.2) is 24.5 Å². The highest BCUT2D eigenvalue weighted by Crippen LogP contribution is 2.47. The Bertz CT molecular complexity index is 1300. The molecule has 168 valence electrons. The molecule has 0 aliphatic carbocycles. The Hall–Kier alpha value is -3.61. The van der Waals surface area contributed by atoms with Crippen LogP contribution < -0.4 is 9.47 Å². The second kappa shape index (κ2) is 7.51. The summed E-state index contributed by atoms with van der Waals surface area (Å²) in [6.45, 7) is -3.28. The number of H-pyrrole nitrogens is 1. The second-order valence-electron chi connectivity index (χ2n) is 7.19. The molecule has 1 atom stereocenters. The smallest absolute Gasteiger partial charge is 0.388 e. The van der Waals surface area contributed by atoms with Gasteiger partial charge in [-0.15, -0.1) is 5.10 Å². The van der Waals surface area contributed by atoms with Crippen LogP contribution in [0.25, 0.3) is 33.4 Å². The number of nitrogens with zero attached hydrogens (tertiary/aromatic N) is 5. The van der Waals surface area contributed by atoms with E-state index in [0.29, 0.717) is 11.0 Å². The summed E-state index contributed by atoms with van der Waals surface area (Å²) in [4.78, 5) is 7.22. The molecule has 1 aliphatic heterocycles. The molecule has 0 saturated carbocycles. The highest BCUT2D eigenvalue weighted by Gasteiger charge is 2.34. The summed E-state index contributed by atoms with van der Waals surface area (Å²) in [5.41, 5.74) is 0.273. The van der Waals surface area contributed by atoms with Gasteiger partial charge in [0.05, 0.1) is 23.4 Å². The number of hydrogen-bond donors (Lipinski definition) is 2. The first kappa shape index (κ1) is 20.3. The van der Waals surface area contributed by atoms with Crippen LogP contribution in [0, 0.1) is 0 Å². The molecule has 0 bridgehead atoms. The number of fused-ring (bicyclic) bond motifs is 2. The zero-order valence-corrected chi connectivity index (χ0v) is 16.5. The summed E-state index contributed by atoms with van der Waals surface area (Å²) in [7, 11) is 1.52. The molecular weight excluding hydrogens is 436 g/mol. The van der Waals surface area contributed by atoms with E-state index in [4.69, 9.17) is 4.74 Å². The van der Waals surface area contributed by atoms with E-state index in [1.54, 1.807) is 12.1 Å². The number of aromatic nitrogens is 6. The van der Waals surface area contributed by atoms with Gasteiger partial charge in [0, 0.05) is 30.4 Å². The second-order valence-corrected chi connectivity index (χ2v) is 7.19. The van der Waals surface area contributed by atoms with Crippen LogP contribution in [0.5, 0.6) is 11.8 Å². The molecule has 1 unspecified atom stereocenters. The maximum atomic E-state index is 14.0. The van der Waals surface area contributed by atoms with E-state index in [1.165, 1.54) is 24.1 Å². The number of pyridine rings is 1. The third-order valence-corrected chi connectivity index (χ3v) is 5.02. The fourth-order valence-corrected chi connectivity index (χ4v) is 3.85. The SMILES string of the molecule is Cn1cc(-c2c(-c3c(C(F)F)nn4c3OCC(O)C4)[nH]c3ncccc23)c(OC(F)F)n1. The molecule has 2 N–H and O–H groups in total. The number of hydrogen-bond acceptors (Lipinski definition) is 6. The Morgan fingerprint density at radius 3 is 2.81 bits per heavy atom. The van der Waals surface area contributed by atoms with E-state index in [9.17, 15) is 22.7 Å². The van der Waals surface area contributed by atoms with E-state index < -0.39 is 24.8 Å². The van der Waals surface area contributed by atoms with Crippen molar-refractivity contribution in [3.63, 3.8) is 0 Å². The number of rotatable bonds is 5. The minimum absolute atomic E-state index is 0.0265. The lowest BCUT2D eigenvalue weighted by Crippen LogP contribution is -2.30. The predicted octanol–water partition coefficient (Wildman–Crippen LogP) is 3.12. The fourth-order valence-electron chi connectivity index (χ4n) is 3.85. The van der Waals surface area contributed by atoms with Crippen molar-refractivity contribution in [2.24, 2.45) is 7.05 Å². The zero-order chi connectivity index (χ0) is 22.6. The Balaban J connectivity index is 1.82. The molecule has 0 amide bonds. The van der Waals surface area contributed by atoms with Crippen LogP contribution in [0.4, 0.5) is 17.6 Å². The molecular formula is C19H16F4N6O3. The van der Waals surface area contributed by atoms with Crippen LogP contribution in [-0.4, -0.2) is 54.0 Å². The van der Waals surface area contributed by atoms with E-state index in [1.807, 2.05) is 0 Å². The molecule has 1 aliphatic rings. The molecule has 0 radical (unpaired) electrons. The van der Waals surface area contributed by atoms with Gasteiger partial charge in [0.2, 0.25) is 11.8 Å². The molecule has 13 heteroatoms. The third-order valence-electron chi connectivity index (χ3n) is 5.02. The molecule has 4 aromatic rings. The van der Waals surface area contributed by atoms with Crippen molar-refractivity contribution in [3.8, 4) is 34.1 Å². The molecule has 9 nitrogen and oxygen atoms in total. The average molecular weight is 452 g/mol. The van der Waals surface area contributed by atoms with E-state index in [-0.39, 0.29) is 47.3 Å². The molecule has 0 spiro atoms. The van der Waals surface area contributed by atoms with Gasteiger partial charge >= 0.3 is 6.61 Å². The first-order valence-corrected chi connectivity index (χ1v) is 9.49. The van der Waals surface area contributed by atoms with E-state index >= 15 is 0 Å². The largest absolute Gasteiger partial charge is 0.475 e. The van der Waals surface area contributed by atoms with Gasteiger partial charge in [-0.2, -0.15) is 13.9 Å². The van der Waals surface area contributed by atoms with Gasteiger partial charge < -0.3 is 19.6 Å². The Morgan fingerprint density at radius 1 is 1.25 bits per heavy atom. The normalized spacial score (nSPS) is 16.1. The van der Waals surface area contributed by atoms with Crippen molar-refractivity contribution in [2.75, 3.05) is 6.61 Å². The summed E-state index contributed by atoms with van der Waals surface area (Å²) in [6, 6.07) is 3.29. The molecule has 0 fully saturated rings. The Morgan fingerprint density at radius 2 is 2.06 bits per heavy atom. The third kappa shape index (κ3) is 3.25. The van der Waals surface area contributed by atoms with Gasteiger partial charge in [-0.05, 0) is 12.1 Å². The van der Waals surface area contributed by atoms with Crippen LogP contribution in [-0.2, 0) is 13.6 Å². The highest BCUT2D eigenvalue weighted by atomic mass is 19.3. The van der Waals surface area contributed by atoms with Crippen molar-refractivity contribution < 1.29 is 32.1 Å². The van der Waals surface area contributed by atoms with Crippen LogP contribution in [0.3, 0.4) is 0 Å². The summed E-state index contributed by atoms with van der Waals surface area (Å²) in [5, 5.41) is 18.2. The first-order chi connectivity index (χ1) is 15.3. The Labute approximate surface area is 177 Å². The molecule has 0 saturated heterocycles. The van der Waals surface area contributed by atoms with Gasteiger partial charge in [-0.25, -0.2) is 18.4 Å². The molecule has 5 heterocycles. The van der Waals surface area contributed by atoms with E-state index in [2.05, 4.69) is 24.9 Å². The van der Waals surface area contributed by atoms with Crippen molar-refractivity contribution >= 4 is 11.0 Å². The number of aromatic amines is 1. The Kier molecular flexibility index (Phi) is 4.77. The number of aliphatic hydroxyl groups is 1. The predicted molar refractivity (Wildman–Crippen MR) is 103 cm³/mol. The lowest BCUT2D eigenvalue weighted by molar-refractivity contribution is -0.0527. The maximum absolute atomic E-state index is 14.0. The van der Waals surface area contributed by atoms with Crippen LogP contribution in [0.2, 0.25) is 0 Å². The van der Waals surface area contributed by atoms with Gasteiger partial charge in [0.15, 0.2) is 0 Å². The van der Waals surface area contributed by atoms with Crippen LogP contribution in [0.1, 0.15) is 12.1 Å². The zero-order valence-electron chi connectivity index (χ0n) is 16.5. The minimum atomic E-state index is -3.14. The number of aliphatic hydroxyl groups excluding tert-OH is 1. The summed E-state index contributed by atoms with van der Waals surface area (Å²) in [6.07, 6.45) is -0.935. The molecule has 5 rings (SSSR count). The molecule has 32 heavy (non-hydrogen) atoms. The first-order valence-electron chi connectivity index (χ1n) is 9.49. The summed E-state index contributed by atoms with van der Waals surface area (Å²) >= 11 is 0. The summed E-state index contributed by atoms with van der Waals surface area (Å²) < 4.78 is 66.6. The highest BCUT2D eigenvalue weighted by molar-refractivity contribution is 6.04. The van der Waals surface area contributed by atoms with E-state index in [0.717, 1.165) is 4.68 Å². The van der Waals surface area contributed by atoms with Gasteiger partial charge in [0.1, 0.15) is 24.1 Å². The number of ether oxygens (including phenoxy) is 2. The number of halogens is 4. The van der Waals surface area contributed by atoms with Gasteiger partial charge in [-0.3, -0.25) is 4.68 Å². The van der Waals surface area contributed by atoms with Crippen molar-refractivity contribution in [2.45, 2.75) is 25.7 Å². The topological polar surface area (TPSA) is 103 Å². The quantitative estimate of drug-likeness (QED) is 0.451. The monoisotopic (exact) mass is 452 g/mol. The number of aryl methyl sites for hydroxylation is 1. The van der Waals surface area contributed by atoms with Crippen LogP contribution >= 0.6 is 0 Å². The maximum Gasteiger partial charge on any atom is 0.388 e. The van der Waals surface area contributed by atoms with Gasteiger partial charge in [-0.1, -0.05) is 0 Å². The summed E-state index contributed by atoms with van der Waals surface area (Å²) in [5.74, 6) is -0.344. The van der Waals surface area contributed by atoms with Crippen molar-refractivity contribution in [1.29, 1.82) is 0 Å². The molecule has 4 aromatic heterocycles.